The molecule has 2 fully saturated rings. The SMILES string of the molecule is NC(=O)C1C(=O)C[C@@H]2C[C@@H]3Cc4c(-c5cccc([N+](=O)[O-])c5)cc(CN5C(=O)c6ccccc6C5=O)c(O)c4C(=O)C3C(=O)[C@]2(O)C1=O. The van der Waals surface area contributed by atoms with E-state index in [1.165, 1.54) is 42.5 Å². The van der Waals surface area contributed by atoms with Crippen LogP contribution in [-0.2, 0) is 32.1 Å². The van der Waals surface area contributed by atoms with Crippen molar-refractivity contribution in [3.63, 3.8) is 0 Å². The van der Waals surface area contributed by atoms with E-state index in [2.05, 4.69) is 0 Å². The number of phenols is 1. The molecule has 0 saturated heterocycles. The fourth-order valence-electron chi connectivity index (χ4n) is 7.81. The number of benzene rings is 3. The number of aliphatic hydroxyl groups is 1. The van der Waals surface area contributed by atoms with Gasteiger partial charge in [0.15, 0.2) is 34.7 Å². The minimum Gasteiger partial charge on any atom is -0.507 e. The minimum absolute atomic E-state index is 0.0788. The Balaban J connectivity index is 1.37. The van der Waals surface area contributed by atoms with Crippen molar-refractivity contribution in [2.75, 3.05) is 0 Å². The van der Waals surface area contributed by atoms with Gasteiger partial charge in [0.05, 0.1) is 34.1 Å². The van der Waals surface area contributed by atoms with Gasteiger partial charge in [-0.05, 0) is 53.6 Å². The molecule has 1 aliphatic heterocycles. The highest BCUT2D eigenvalue weighted by Gasteiger charge is 2.66. The van der Waals surface area contributed by atoms with Crippen LogP contribution < -0.4 is 5.73 Å². The number of ketones is 4. The van der Waals surface area contributed by atoms with E-state index in [9.17, 15) is 53.9 Å². The Morgan fingerprint density at radius 2 is 1.60 bits per heavy atom. The number of fused-ring (bicyclic) bond motifs is 4. The van der Waals surface area contributed by atoms with Gasteiger partial charge in [-0.2, -0.15) is 0 Å². The first-order valence-corrected chi connectivity index (χ1v) is 15.0. The monoisotopic (exact) mass is 651 g/mol. The Morgan fingerprint density at radius 1 is 0.938 bits per heavy atom. The van der Waals surface area contributed by atoms with Crippen LogP contribution in [0.1, 0.15) is 55.0 Å². The molecule has 3 aromatic rings. The van der Waals surface area contributed by atoms with E-state index < -0.39 is 93.8 Å². The normalized spacial score (nSPS) is 26.1. The molecule has 0 aromatic heterocycles. The fourth-order valence-corrected chi connectivity index (χ4v) is 7.81. The third kappa shape index (κ3) is 4.18. The van der Waals surface area contributed by atoms with Crippen molar-refractivity contribution in [2.45, 2.75) is 31.4 Å². The first-order chi connectivity index (χ1) is 22.7. The van der Waals surface area contributed by atoms with E-state index in [1.807, 2.05) is 0 Å². The predicted molar refractivity (Wildman–Crippen MR) is 161 cm³/mol. The molecule has 242 valence electrons. The second-order valence-electron chi connectivity index (χ2n) is 12.6. The third-order valence-corrected chi connectivity index (χ3v) is 10.1. The zero-order valence-electron chi connectivity index (χ0n) is 24.9. The number of phenolic OH excluding ortho intramolecular Hbond substituents is 1. The van der Waals surface area contributed by atoms with Gasteiger partial charge in [-0.1, -0.05) is 24.3 Å². The lowest BCUT2D eigenvalue weighted by Crippen LogP contribution is -2.68. The molecular formula is C34H25N3O11. The minimum atomic E-state index is -2.85. The van der Waals surface area contributed by atoms with Crippen LogP contribution in [0.5, 0.6) is 5.75 Å². The summed E-state index contributed by atoms with van der Waals surface area (Å²) in [5.74, 6) is -13.5. The molecule has 0 spiro atoms. The number of aromatic hydroxyl groups is 1. The number of primary amides is 1. The summed E-state index contributed by atoms with van der Waals surface area (Å²) >= 11 is 0. The van der Waals surface area contributed by atoms with Gasteiger partial charge in [0.25, 0.3) is 17.5 Å². The van der Waals surface area contributed by atoms with Crippen LogP contribution in [-0.4, -0.2) is 66.5 Å². The lowest BCUT2D eigenvalue weighted by Gasteiger charge is -2.48. The van der Waals surface area contributed by atoms with Gasteiger partial charge in [0.1, 0.15) is 5.75 Å². The van der Waals surface area contributed by atoms with Crippen LogP contribution in [0.2, 0.25) is 0 Å². The van der Waals surface area contributed by atoms with Crippen molar-refractivity contribution in [1.29, 1.82) is 0 Å². The molecule has 14 heteroatoms. The van der Waals surface area contributed by atoms with Crippen LogP contribution in [0.15, 0.2) is 54.6 Å². The maximum Gasteiger partial charge on any atom is 0.270 e. The average Bonchev–Trinajstić information content (AvgIpc) is 3.28. The van der Waals surface area contributed by atoms with Crippen LogP contribution >= 0.6 is 0 Å². The van der Waals surface area contributed by atoms with E-state index in [4.69, 9.17) is 5.73 Å². The van der Waals surface area contributed by atoms with Gasteiger partial charge < -0.3 is 15.9 Å². The van der Waals surface area contributed by atoms with E-state index in [0.29, 0.717) is 0 Å². The Kier molecular flexibility index (Phi) is 6.77. The number of nitrogens with zero attached hydrogens (tertiary/aromatic N) is 2. The molecular weight excluding hydrogens is 626 g/mol. The number of nitro benzene ring substituents is 1. The Bertz CT molecular complexity index is 2050. The van der Waals surface area contributed by atoms with Crippen molar-refractivity contribution in [2.24, 2.45) is 29.4 Å². The number of hydrogen-bond acceptors (Lipinski definition) is 11. The lowest BCUT2D eigenvalue weighted by molar-refractivity contribution is -0.384. The van der Waals surface area contributed by atoms with Crippen LogP contribution in [0.4, 0.5) is 5.69 Å². The molecule has 0 bridgehead atoms. The van der Waals surface area contributed by atoms with E-state index in [0.717, 1.165) is 4.90 Å². The Labute approximate surface area is 270 Å². The predicted octanol–water partition coefficient (Wildman–Crippen LogP) is 1.70. The van der Waals surface area contributed by atoms with E-state index in [-0.39, 0.29) is 57.5 Å². The molecule has 1 heterocycles. The molecule has 4 N–H and O–H groups in total. The van der Waals surface area contributed by atoms with Crippen molar-refractivity contribution < 1.29 is 48.7 Å². The number of Topliss-reactive ketones (excluding diaryl/α,β-unsaturated/α-hetero) is 4. The van der Waals surface area contributed by atoms with Gasteiger partial charge >= 0.3 is 0 Å². The number of hydrogen-bond donors (Lipinski definition) is 3. The van der Waals surface area contributed by atoms with Gasteiger partial charge in [-0.15, -0.1) is 0 Å². The summed E-state index contributed by atoms with van der Waals surface area (Å²) in [4.78, 5) is 105. The first-order valence-electron chi connectivity index (χ1n) is 15.0. The molecule has 48 heavy (non-hydrogen) atoms. The molecule has 3 aromatic carbocycles. The number of amides is 3. The van der Waals surface area contributed by atoms with E-state index in [1.54, 1.807) is 12.1 Å². The third-order valence-electron chi connectivity index (χ3n) is 10.1. The summed E-state index contributed by atoms with van der Waals surface area (Å²) in [6, 6.07) is 13.0. The number of carbonyl (C=O) groups is 7. The molecule has 3 aliphatic carbocycles. The lowest BCUT2D eigenvalue weighted by atomic mass is 9.53. The number of imide groups is 1. The molecule has 14 nitrogen and oxygen atoms in total. The van der Waals surface area contributed by atoms with Crippen LogP contribution in [0.25, 0.3) is 11.1 Å². The van der Waals surface area contributed by atoms with Crippen molar-refractivity contribution in [3.05, 3.63) is 92.5 Å². The van der Waals surface area contributed by atoms with Gasteiger partial charge in [0, 0.05) is 30.0 Å². The van der Waals surface area contributed by atoms with Crippen molar-refractivity contribution in [1.82, 2.24) is 4.90 Å². The molecule has 2 unspecified atom stereocenters. The molecule has 2 saturated carbocycles. The van der Waals surface area contributed by atoms with Crippen molar-refractivity contribution in [3.8, 4) is 16.9 Å². The Morgan fingerprint density at radius 3 is 2.23 bits per heavy atom. The van der Waals surface area contributed by atoms with Gasteiger partial charge in [-0.3, -0.25) is 48.6 Å². The van der Waals surface area contributed by atoms with E-state index >= 15 is 0 Å². The number of rotatable bonds is 5. The second kappa shape index (κ2) is 10.6. The Hall–Kier alpha value is -5.89. The van der Waals surface area contributed by atoms with Gasteiger partial charge in [-0.25, -0.2) is 0 Å². The summed E-state index contributed by atoms with van der Waals surface area (Å²) in [5, 5.41) is 34.8. The zero-order chi connectivity index (χ0) is 34.4. The van der Waals surface area contributed by atoms with Crippen molar-refractivity contribution >= 4 is 46.5 Å². The second-order valence-corrected chi connectivity index (χ2v) is 12.6. The topological polar surface area (TPSA) is 232 Å². The average molecular weight is 652 g/mol. The summed E-state index contributed by atoms with van der Waals surface area (Å²) in [5.41, 5.74) is 2.68. The molecule has 4 aliphatic rings. The zero-order valence-corrected chi connectivity index (χ0v) is 24.9. The molecule has 5 atom stereocenters. The summed E-state index contributed by atoms with van der Waals surface area (Å²) in [6.07, 6.45) is -0.731. The summed E-state index contributed by atoms with van der Waals surface area (Å²) in [7, 11) is 0. The van der Waals surface area contributed by atoms with Gasteiger partial charge in [0.2, 0.25) is 5.91 Å². The quantitative estimate of drug-likeness (QED) is 0.155. The summed E-state index contributed by atoms with van der Waals surface area (Å²) < 4.78 is 0. The summed E-state index contributed by atoms with van der Waals surface area (Å²) in [6.45, 7) is -0.504. The number of nitrogens with two attached hydrogens (primary N) is 1. The molecule has 3 amide bonds. The number of nitro groups is 1. The number of carbonyl (C=O) groups excluding carboxylic acids is 7. The van der Waals surface area contributed by atoms with Crippen LogP contribution in [0.3, 0.4) is 0 Å². The fraction of sp³-hybridized carbons (Fsp3) is 0.265. The van der Waals surface area contributed by atoms with Crippen LogP contribution in [0, 0.1) is 33.8 Å². The molecule has 7 rings (SSSR count). The smallest absolute Gasteiger partial charge is 0.270 e. The number of non-ortho nitro benzene ring substituents is 1. The highest BCUT2D eigenvalue weighted by atomic mass is 16.6. The maximum atomic E-state index is 14.3. The maximum absolute atomic E-state index is 14.3. The highest BCUT2D eigenvalue weighted by Crippen LogP contribution is 2.52. The molecule has 0 radical (unpaired) electrons. The first kappa shape index (κ1) is 30.7. The standard InChI is InChI=1S/C34H25N3O11/c35-31(43)26-23(38)12-17-8-15-10-22-21(14-4-3-5-18(9-14)37(47)48)11-16(13-36-32(44)19-6-1-2-7-20(19)33(36)45)27(39)25(22)28(40)24(15)29(41)34(17,46)30(26)42/h1-7,9,11,15,17,24,26,39,46H,8,10,12-13H2,(H2,35,43)/t15-,17+,24?,26?,34+/m1/s1. The highest BCUT2D eigenvalue weighted by molar-refractivity contribution is 6.31. The largest absolute Gasteiger partial charge is 0.507 e.